The van der Waals surface area contributed by atoms with Gasteiger partial charge in [-0.2, -0.15) is 17.5 Å². The molecular weight excluding hydrogens is 477 g/mol. The van der Waals surface area contributed by atoms with Crippen LogP contribution in [0.2, 0.25) is 0 Å². The fraction of sp³-hybridized carbons (Fsp3) is 0.286. The van der Waals surface area contributed by atoms with Crippen molar-refractivity contribution in [2.24, 2.45) is 17.4 Å². The summed E-state index contributed by atoms with van der Waals surface area (Å²) in [7, 11) is -4.44. The molecule has 2 aromatic carbocycles. The summed E-state index contributed by atoms with van der Waals surface area (Å²) >= 11 is 0. The summed E-state index contributed by atoms with van der Waals surface area (Å²) < 4.78 is 66.5. The van der Waals surface area contributed by atoms with Crippen LogP contribution in [0.1, 0.15) is 39.1 Å². The number of anilines is 1. The Morgan fingerprint density at radius 3 is 1.97 bits per heavy atom. The van der Waals surface area contributed by atoms with Crippen molar-refractivity contribution in [2.75, 3.05) is 18.4 Å². The lowest BCUT2D eigenvalue weighted by Crippen LogP contribution is -2.41. The third-order valence-electron chi connectivity index (χ3n) is 5.40. The van der Waals surface area contributed by atoms with Crippen LogP contribution < -0.4 is 16.8 Å². The van der Waals surface area contributed by atoms with Gasteiger partial charge in [0, 0.05) is 35.8 Å². The fourth-order valence-electron chi connectivity index (χ4n) is 3.65. The molecule has 1 fully saturated rings. The van der Waals surface area contributed by atoms with Crippen molar-refractivity contribution in [1.29, 1.82) is 0 Å². The summed E-state index contributed by atoms with van der Waals surface area (Å²) in [4.78, 5) is 34.8. The Morgan fingerprint density at radius 1 is 0.941 bits per heavy atom. The van der Waals surface area contributed by atoms with Crippen LogP contribution in [0.3, 0.4) is 0 Å². The Labute approximate surface area is 192 Å². The molecule has 9 nitrogen and oxygen atoms in total. The summed E-state index contributed by atoms with van der Waals surface area (Å²) in [5, 5.41) is 2.55. The molecule has 2 aromatic rings. The van der Waals surface area contributed by atoms with Crippen LogP contribution in [-0.2, 0) is 21.0 Å². The molecule has 0 radical (unpaired) electrons. The zero-order valence-corrected chi connectivity index (χ0v) is 18.4. The van der Waals surface area contributed by atoms with Crippen molar-refractivity contribution < 1.29 is 36.0 Å². The lowest BCUT2D eigenvalue weighted by atomic mass is 9.97. The van der Waals surface area contributed by atoms with Crippen molar-refractivity contribution in [3.8, 4) is 0 Å². The van der Waals surface area contributed by atoms with E-state index in [0.717, 1.165) is 16.4 Å². The number of nitrogens with one attached hydrogen (secondary N) is 1. The maximum absolute atomic E-state index is 13.3. The van der Waals surface area contributed by atoms with E-state index in [2.05, 4.69) is 5.32 Å². The Hall–Kier alpha value is -3.45. The van der Waals surface area contributed by atoms with E-state index in [9.17, 15) is 36.0 Å². The molecule has 0 unspecified atom stereocenters. The normalized spacial score (nSPS) is 15.6. The molecule has 34 heavy (non-hydrogen) atoms. The van der Waals surface area contributed by atoms with E-state index in [1.54, 1.807) is 0 Å². The van der Waals surface area contributed by atoms with E-state index in [-0.39, 0.29) is 42.7 Å². The summed E-state index contributed by atoms with van der Waals surface area (Å²) in [6.45, 7) is -0.332. The number of benzene rings is 2. The first kappa shape index (κ1) is 25.2. The smallest absolute Gasteiger partial charge is 0.366 e. The molecule has 0 atom stereocenters. The third kappa shape index (κ3) is 5.37. The van der Waals surface area contributed by atoms with Gasteiger partial charge in [-0.1, -0.05) is 12.1 Å². The first-order valence-corrected chi connectivity index (χ1v) is 11.5. The number of hydrogen-bond acceptors (Lipinski definition) is 5. The predicted molar refractivity (Wildman–Crippen MR) is 115 cm³/mol. The molecule has 3 rings (SSSR count). The lowest BCUT2D eigenvalue weighted by Gasteiger charge is -2.31. The highest BCUT2D eigenvalue weighted by Crippen LogP contribution is 2.36. The zero-order chi connectivity index (χ0) is 25.3. The Bertz CT molecular complexity index is 1210. The van der Waals surface area contributed by atoms with Crippen LogP contribution in [0, 0.1) is 5.92 Å². The minimum atomic E-state index is -4.84. The highest BCUT2D eigenvalue weighted by molar-refractivity contribution is 7.89. The van der Waals surface area contributed by atoms with Crippen molar-refractivity contribution in [1.82, 2.24) is 4.31 Å². The molecule has 1 aliphatic heterocycles. The van der Waals surface area contributed by atoms with Crippen LogP contribution in [-0.4, -0.2) is 43.5 Å². The van der Waals surface area contributed by atoms with Crippen LogP contribution in [0.15, 0.2) is 47.4 Å². The van der Waals surface area contributed by atoms with E-state index in [1.165, 1.54) is 24.3 Å². The minimum Gasteiger partial charge on any atom is -0.366 e. The second kappa shape index (κ2) is 9.43. The van der Waals surface area contributed by atoms with Gasteiger partial charge in [-0.05, 0) is 43.2 Å². The van der Waals surface area contributed by atoms with Gasteiger partial charge in [-0.15, -0.1) is 0 Å². The molecule has 0 aliphatic carbocycles. The van der Waals surface area contributed by atoms with Crippen molar-refractivity contribution in [3.05, 3.63) is 59.2 Å². The van der Waals surface area contributed by atoms with Gasteiger partial charge < -0.3 is 16.8 Å². The van der Waals surface area contributed by atoms with Crippen LogP contribution in [0.25, 0.3) is 0 Å². The molecule has 3 amide bonds. The topological polar surface area (TPSA) is 153 Å². The van der Waals surface area contributed by atoms with Gasteiger partial charge in [0.2, 0.25) is 27.7 Å². The van der Waals surface area contributed by atoms with E-state index in [4.69, 9.17) is 11.5 Å². The van der Waals surface area contributed by atoms with Gasteiger partial charge >= 0.3 is 6.18 Å². The Balaban J connectivity index is 1.73. The van der Waals surface area contributed by atoms with Gasteiger partial charge in [0.05, 0.1) is 10.5 Å². The number of carbonyl (C=O) groups excluding carboxylic acids is 3. The van der Waals surface area contributed by atoms with E-state index < -0.39 is 50.3 Å². The zero-order valence-electron chi connectivity index (χ0n) is 17.6. The monoisotopic (exact) mass is 498 g/mol. The van der Waals surface area contributed by atoms with Gasteiger partial charge in [0.25, 0.3) is 0 Å². The highest BCUT2D eigenvalue weighted by atomic mass is 32.2. The van der Waals surface area contributed by atoms with Gasteiger partial charge in [-0.25, -0.2) is 8.42 Å². The SMILES string of the molecule is NC(=O)c1cc(NC(=O)C2CCN(S(=O)(=O)c3ccccc3C(F)(F)F)CC2)cc(C(N)=O)c1. The number of hydrogen-bond donors (Lipinski definition) is 3. The van der Waals surface area contributed by atoms with Crippen LogP contribution in [0.5, 0.6) is 0 Å². The predicted octanol–water partition coefficient (Wildman–Crippen LogP) is 1.94. The lowest BCUT2D eigenvalue weighted by molar-refractivity contribution is -0.139. The van der Waals surface area contributed by atoms with Crippen molar-refractivity contribution in [3.63, 3.8) is 0 Å². The first-order valence-electron chi connectivity index (χ1n) is 10.0. The number of primary amides is 2. The van der Waals surface area contributed by atoms with Crippen LogP contribution >= 0.6 is 0 Å². The van der Waals surface area contributed by atoms with Crippen molar-refractivity contribution >= 4 is 33.4 Å². The first-order chi connectivity index (χ1) is 15.8. The number of nitrogens with two attached hydrogens (primary N) is 2. The van der Waals surface area contributed by atoms with Gasteiger partial charge in [-0.3, -0.25) is 14.4 Å². The molecule has 0 bridgehead atoms. The molecule has 0 spiro atoms. The number of amides is 3. The minimum absolute atomic E-state index is 0.0455. The molecule has 1 heterocycles. The Morgan fingerprint density at radius 2 is 1.47 bits per heavy atom. The number of sulfonamides is 1. The summed E-state index contributed by atoms with van der Waals surface area (Å²) in [6.07, 6.45) is -4.74. The molecule has 5 N–H and O–H groups in total. The molecule has 1 aliphatic rings. The highest BCUT2D eigenvalue weighted by Gasteiger charge is 2.40. The number of rotatable bonds is 6. The van der Waals surface area contributed by atoms with E-state index in [1.807, 2.05) is 0 Å². The molecule has 13 heteroatoms. The molecule has 1 saturated heterocycles. The molecular formula is C21H21F3N4O5S. The van der Waals surface area contributed by atoms with Gasteiger partial charge in [0.1, 0.15) is 0 Å². The average Bonchev–Trinajstić information content (AvgIpc) is 2.78. The standard InChI is InChI=1S/C21H21F3N4O5S/c22-21(23,24)16-3-1-2-4-17(16)34(32,33)28-7-5-12(6-8-28)20(31)27-15-10-13(18(25)29)9-14(11-15)19(26)30/h1-4,9-12H,5-8H2,(H2,25,29)(H2,26,30)(H,27,31). The molecule has 0 saturated carbocycles. The second-order valence-electron chi connectivity index (χ2n) is 7.69. The van der Waals surface area contributed by atoms with E-state index >= 15 is 0 Å². The summed E-state index contributed by atoms with van der Waals surface area (Å²) in [5.41, 5.74) is 9.22. The largest absolute Gasteiger partial charge is 0.417 e. The molecule has 0 aromatic heterocycles. The summed E-state index contributed by atoms with van der Waals surface area (Å²) in [6, 6.07) is 7.63. The van der Waals surface area contributed by atoms with Gasteiger partial charge in [0.15, 0.2) is 0 Å². The summed E-state index contributed by atoms with van der Waals surface area (Å²) in [5.74, 6) is -2.84. The van der Waals surface area contributed by atoms with Crippen molar-refractivity contribution in [2.45, 2.75) is 23.9 Å². The fourth-order valence-corrected chi connectivity index (χ4v) is 5.33. The third-order valence-corrected chi connectivity index (χ3v) is 7.36. The number of nitrogens with zero attached hydrogens (tertiary/aromatic N) is 1. The van der Waals surface area contributed by atoms with E-state index in [0.29, 0.717) is 6.07 Å². The van der Waals surface area contributed by atoms with Crippen LogP contribution in [0.4, 0.5) is 18.9 Å². The number of halogens is 3. The maximum Gasteiger partial charge on any atom is 0.417 e. The number of alkyl halides is 3. The number of piperidine rings is 1. The average molecular weight is 498 g/mol. The maximum atomic E-state index is 13.3. The number of carbonyl (C=O) groups is 3. The Kier molecular flexibility index (Phi) is 6.98. The quantitative estimate of drug-likeness (QED) is 0.556. The second-order valence-corrected chi connectivity index (χ2v) is 9.60. The molecule has 182 valence electrons.